The van der Waals surface area contributed by atoms with Crippen LogP contribution in [-0.2, 0) is 9.09 Å². The van der Waals surface area contributed by atoms with Gasteiger partial charge in [-0.2, -0.15) is 0 Å². The van der Waals surface area contributed by atoms with Crippen LogP contribution in [0.3, 0.4) is 0 Å². The normalized spacial score (nSPS) is 15.6. The smallest absolute Gasteiger partial charge is 0.252 e. The third-order valence-electron chi connectivity index (χ3n) is 3.03. The molecule has 0 spiro atoms. The summed E-state index contributed by atoms with van der Waals surface area (Å²) in [5, 5.41) is 1.10. The van der Waals surface area contributed by atoms with Gasteiger partial charge in [0.25, 0.3) is 7.37 Å². The van der Waals surface area contributed by atoms with Gasteiger partial charge in [-0.25, -0.2) is 0 Å². The second kappa shape index (κ2) is 6.55. The van der Waals surface area contributed by atoms with E-state index in [1.54, 1.807) is 31.2 Å². The highest BCUT2D eigenvalue weighted by molar-refractivity contribution is 7.67. The number of hydrogen-bond acceptors (Lipinski definition) is 3. The number of hydrogen-bond donors (Lipinski definition) is 1. The molecule has 2 N–H and O–H groups in total. The van der Waals surface area contributed by atoms with Crippen LogP contribution >= 0.6 is 19.0 Å². The molecule has 2 rings (SSSR count). The van der Waals surface area contributed by atoms with E-state index in [1.165, 1.54) is 0 Å². The lowest BCUT2D eigenvalue weighted by Gasteiger charge is -2.25. The Morgan fingerprint density at radius 3 is 2.35 bits per heavy atom. The molecule has 0 heterocycles. The van der Waals surface area contributed by atoms with Gasteiger partial charge < -0.3 is 10.3 Å². The van der Waals surface area contributed by atoms with Gasteiger partial charge in [0.15, 0.2) is 0 Å². The number of halogens is 1. The highest BCUT2D eigenvalue weighted by atomic mass is 35.5. The van der Waals surface area contributed by atoms with Gasteiger partial charge in [0.2, 0.25) is 0 Å². The van der Waals surface area contributed by atoms with E-state index in [1.807, 2.05) is 30.3 Å². The van der Waals surface area contributed by atoms with Crippen molar-refractivity contribution >= 4 is 24.3 Å². The van der Waals surface area contributed by atoms with E-state index in [0.29, 0.717) is 22.5 Å². The van der Waals surface area contributed by atoms with Crippen molar-refractivity contribution in [1.82, 2.24) is 0 Å². The Hall–Kier alpha value is -1.12. The van der Waals surface area contributed by atoms with Crippen molar-refractivity contribution in [2.24, 2.45) is 5.73 Å². The summed E-state index contributed by atoms with van der Waals surface area (Å²) in [6, 6.07) is 16.2. The summed E-state index contributed by atoms with van der Waals surface area (Å²) < 4.78 is 18.8. The molecule has 0 aliphatic carbocycles. The summed E-state index contributed by atoms with van der Waals surface area (Å²) in [6.07, 6.45) is 0. The lowest BCUT2D eigenvalue weighted by Crippen LogP contribution is -2.20. The van der Waals surface area contributed by atoms with Gasteiger partial charge >= 0.3 is 0 Å². The molecule has 2 atom stereocenters. The fraction of sp³-hybridized carbons (Fsp3) is 0.200. The van der Waals surface area contributed by atoms with Crippen LogP contribution in [0.2, 0.25) is 5.02 Å². The summed E-state index contributed by atoms with van der Waals surface area (Å²) in [5.74, 6) is -0.779. The van der Waals surface area contributed by atoms with Crippen molar-refractivity contribution in [1.29, 1.82) is 0 Å². The lowest BCUT2D eigenvalue weighted by atomic mass is 10.2. The van der Waals surface area contributed by atoms with Crippen LogP contribution in [0.25, 0.3) is 0 Å². The van der Waals surface area contributed by atoms with E-state index in [2.05, 4.69) is 0 Å². The second-order valence-electron chi connectivity index (χ2n) is 4.32. The van der Waals surface area contributed by atoms with E-state index in [-0.39, 0.29) is 0 Å². The summed E-state index contributed by atoms with van der Waals surface area (Å²) >= 11 is 6.16. The van der Waals surface area contributed by atoms with Crippen LogP contribution in [0.4, 0.5) is 0 Å². The highest BCUT2D eigenvalue weighted by Gasteiger charge is 2.35. The Labute approximate surface area is 124 Å². The fourth-order valence-electron chi connectivity index (χ4n) is 2.04. The molecule has 3 nitrogen and oxygen atoms in total. The van der Waals surface area contributed by atoms with Crippen LogP contribution in [0.5, 0.6) is 0 Å². The monoisotopic (exact) mass is 309 g/mol. The minimum atomic E-state index is -3.22. The van der Waals surface area contributed by atoms with Gasteiger partial charge in [-0.05, 0) is 30.7 Å². The molecule has 2 aromatic rings. The number of rotatable bonds is 5. The molecule has 0 aromatic heterocycles. The van der Waals surface area contributed by atoms with Crippen LogP contribution in [0.15, 0.2) is 54.6 Å². The first kappa shape index (κ1) is 15.3. The molecule has 0 saturated heterocycles. The zero-order chi connectivity index (χ0) is 14.6. The van der Waals surface area contributed by atoms with Crippen molar-refractivity contribution < 1.29 is 9.09 Å². The molecular weight excluding hydrogens is 293 g/mol. The van der Waals surface area contributed by atoms with E-state index >= 15 is 0 Å². The molecule has 0 saturated carbocycles. The first-order chi connectivity index (χ1) is 9.59. The third kappa shape index (κ3) is 2.97. The van der Waals surface area contributed by atoms with Crippen LogP contribution < -0.4 is 11.0 Å². The first-order valence-electron chi connectivity index (χ1n) is 6.39. The van der Waals surface area contributed by atoms with Gasteiger partial charge in [-0.15, -0.1) is 0 Å². The highest BCUT2D eigenvalue weighted by Crippen LogP contribution is 2.57. The number of benzene rings is 2. The van der Waals surface area contributed by atoms with Crippen molar-refractivity contribution in [3.63, 3.8) is 0 Å². The minimum Gasteiger partial charge on any atom is -0.324 e. The Morgan fingerprint density at radius 1 is 1.15 bits per heavy atom. The average molecular weight is 310 g/mol. The van der Waals surface area contributed by atoms with Crippen LogP contribution in [0.1, 0.15) is 18.3 Å². The topological polar surface area (TPSA) is 52.3 Å². The Balaban J connectivity index is 2.49. The largest absolute Gasteiger partial charge is 0.324 e. The van der Waals surface area contributed by atoms with Gasteiger partial charge in [-0.3, -0.25) is 4.57 Å². The zero-order valence-electron chi connectivity index (χ0n) is 11.2. The van der Waals surface area contributed by atoms with Gasteiger partial charge in [0, 0.05) is 10.3 Å². The molecule has 2 aromatic carbocycles. The van der Waals surface area contributed by atoms with Crippen molar-refractivity contribution in [3.8, 4) is 0 Å². The molecule has 0 bridgehead atoms. The maximum Gasteiger partial charge on any atom is 0.252 e. The Bertz CT molecular complexity index is 618. The molecule has 0 amide bonds. The van der Waals surface area contributed by atoms with Crippen molar-refractivity contribution in [2.75, 3.05) is 6.61 Å². The predicted octanol–water partition coefficient (Wildman–Crippen LogP) is 3.94. The number of nitrogens with two attached hydrogens (primary N) is 1. The summed E-state index contributed by atoms with van der Waals surface area (Å²) in [4.78, 5) is 0. The van der Waals surface area contributed by atoms with Crippen molar-refractivity contribution in [2.45, 2.75) is 12.7 Å². The molecule has 20 heavy (non-hydrogen) atoms. The molecule has 0 fully saturated rings. The predicted molar refractivity (Wildman–Crippen MR) is 83.7 cm³/mol. The minimum absolute atomic E-state index is 0.324. The van der Waals surface area contributed by atoms with Crippen LogP contribution in [0, 0.1) is 0 Å². The van der Waals surface area contributed by atoms with Gasteiger partial charge in [0.05, 0.1) is 6.61 Å². The van der Waals surface area contributed by atoms with E-state index in [0.717, 1.165) is 0 Å². The maximum absolute atomic E-state index is 13.3. The molecule has 2 unspecified atom stereocenters. The quantitative estimate of drug-likeness (QED) is 0.851. The van der Waals surface area contributed by atoms with Crippen molar-refractivity contribution in [3.05, 3.63) is 65.2 Å². The molecule has 0 radical (unpaired) electrons. The Morgan fingerprint density at radius 2 is 1.75 bits per heavy atom. The molecule has 5 heteroatoms. The lowest BCUT2D eigenvalue weighted by molar-refractivity contribution is 0.334. The molecule has 0 aliphatic rings. The van der Waals surface area contributed by atoms with E-state index < -0.39 is 13.2 Å². The Kier molecular flexibility index (Phi) is 5.00. The van der Waals surface area contributed by atoms with E-state index in [4.69, 9.17) is 21.9 Å². The molecule has 106 valence electrons. The van der Waals surface area contributed by atoms with Gasteiger partial charge in [-0.1, -0.05) is 48.0 Å². The first-order valence-corrected chi connectivity index (χ1v) is 8.46. The maximum atomic E-state index is 13.3. The molecule has 0 aliphatic heterocycles. The SMILES string of the molecule is CCOP(=O)(c1ccccc1)C(N)c1ccccc1Cl. The van der Waals surface area contributed by atoms with E-state index in [9.17, 15) is 4.57 Å². The zero-order valence-corrected chi connectivity index (χ0v) is 12.8. The third-order valence-corrected chi connectivity index (χ3v) is 6.04. The van der Waals surface area contributed by atoms with Gasteiger partial charge in [0.1, 0.15) is 5.78 Å². The fourth-order valence-corrected chi connectivity index (χ4v) is 4.56. The average Bonchev–Trinajstić information content (AvgIpc) is 2.48. The summed E-state index contributed by atoms with van der Waals surface area (Å²) in [6.45, 7) is 2.12. The van der Waals surface area contributed by atoms with Crippen LogP contribution in [-0.4, -0.2) is 6.61 Å². The molecular formula is C15H17ClNO2P. The summed E-state index contributed by atoms with van der Waals surface area (Å²) in [5.41, 5.74) is 6.85. The summed E-state index contributed by atoms with van der Waals surface area (Å²) in [7, 11) is -3.22. The second-order valence-corrected chi connectivity index (χ2v) is 7.25. The standard InChI is InChI=1S/C15H17ClNO2P/c1-2-19-20(18,12-8-4-3-5-9-12)15(17)13-10-6-7-11-14(13)16/h3-11,15H,2,17H2,1H3.